The lowest BCUT2D eigenvalue weighted by molar-refractivity contribution is 0.0366. The van der Waals surface area contributed by atoms with E-state index in [-0.39, 0.29) is 5.60 Å². The molecule has 1 aliphatic heterocycles. The van der Waals surface area contributed by atoms with E-state index >= 15 is 0 Å². The largest absolute Gasteiger partial charge is 0.497 e. The van der Waals surface area contributed by atoms with Crippen LogP contribution in [0.3, 0.4) is 0 Å². The molecule has 3 rings (SSSR count). The Labute approximate surface area is 128 Å². The van der Waals surface area contributed by atoms with Gasteiger partial charge in [-0.3, -0.25) is 0 Å². The van der Waals surface area contributed by atoms with Gasteiger partial charge < -0.3 is 14.8 Å². The molecule has 0 radical (unpaired) electrons. The number of hydrogen-bond donors (Lipinski definition) is 1. The molecule has 0 amide bonds. The first-order chi connectivity index (χ1) is 10.3. The molecular weight excluding hydrogens is 262 g/mol. The number of hydrogen-bond acceptors (Lipinski definition) is 3. The summed E-state index contributed by atoms with van der Waals surface area (Å²) in [5, 5.41) is 3.75. The van der Waals surface area contributed by atoms with Crippen LogP contribution in [0.5, 0.6) is 11.5 Å². The number of unbranched alkanes of at least 4 members (excludes halogenated alkanes) is 1. The number of ether oxygens (including phenoxy) is 2. The van der Waals surface area contributed by atoms with Crippen LogP contribution in [-0.4, -0.2) is 19.3 Å². The monoisotopic (exact) mass is 289 g/mol. The molecule has 116 valence electrons. The zero-order valence-electron chi connectivity index (χ0n) is 13.3. The van der Waals surface area contributed by atoms with Gasteiger partial charge in [-0.2, -0.15) is 0 Å². The van der Waals surface area contributed by atoms with Crippen molar-refractivity contribution >= 4 is 0 Å². The van der Waals surface area contributed by atoms with Gasteiger partial charge in [-0.25, -0.2) is 0 Å². The number of nitrogens with one attached hydrogen (secondary N) is 1. The van der Waals surface area contributed by atoms with Crippen molar-refractivity contribution < 1.29 is 9.47 Å². The highest BCUT2D eigenvalue weighted by Gasteiger charge is 2.42. The average molecular weight is 289 g/mol. The van der Waals surface area contributed by atoms with Gasteiger partial charge in [-0.15, -0.1) is 0 Å². The van der Waals surface area contributed by atoms with Gasteiger partial charge in [-0.1, -0.05) is 13.3 Å². The van der Waals surface area contributed by atoms with Crippen LogP contribution >= 0.6 is 0 Å². The third-order valence-corrected chi connectivity index (χ3v) is 4.93. The summed E-state index contributed by atoms with van der Waals surface area (Å²) in [5.41, 5.74) is 1.34. The highest BCUT2D eigenvalue weighted by Crippen LogP contribution is 2.47. The summed E-state index contributed by atoms with van der Waals surface area (Å²) in [4.78, 5) is 0. The summed E-state index contributed by atoms with van der Waals surface area (Å²) in [6.07, 6.45) is 8.54. The van der Waals surface area contributed by atoms with Crippen molar-refractivity contribution in [2.75, 3.05) is 13.7 Å². The fraction of sp³-hybridized carbons (Fsp3) is 0.667. The van der Waals surface area contributed by atoms with E-state index in [0.29, 0.717) is 6.04 Å². The Balaban J connectivity index is 1.86. The van der Waals surface area contributed by atoms with Crippen molar-refractivity contribution in [3.63, 3.8) is 0 Å². The van der Waals surface area contributed by atoms with Gasteiger partial charge in [0.05, 0.1) is 7.11 Å². The van der Waals surface area contributed by atoms with Gasteiger partial charge in [0.2, 0.25) is 0 Å². The van der Waals surface area contributed by atoms with E-state index in [2.05, 4.69) is 24.4 Å². The molecule has 3 heteroatoms. The van der Waals surface area contributed by atoms with E-state index in [0.717, 1.165) is 24.5 Å². The Morgan fingerprint density at radius 1 is 1.33 bits per heavy atom. The van der Waals surface area contributed by atoms with Crippen molar-refractivity contribution in [1.82, 2.24) is 5.32 Å². The van der Waals surface area contributed by atoms with Crippen molar-refractivity contribution in [3.8, 4) is 11.5 Å². The average Bonchev–Trinajstić information content (AvgIpc) is 2.95. The topological polar surface area (TPSA) is 30.5 Å². The van der Waals surface area contributed by atoms with Crippen LogP contribution in [0.25, 0.3) is 0 Å². The van der Waals surface area contributed by atoms with Gasteiger partial charge in [-0.05, 0) is 56.8 Å². The van der Waals surface area contributed by atoms with E-state index in [9.17, 15) is 0 Å². The third kappa shape index (κ3) is 3.03. The maximum absolute atomic E-state index is 6.42. The summed E-state index contributed by atoms with van der Waals surface area (Å²) in [6.45, 7) is 3.31. The Kier molecular flexibility index (Phi) is 4.39. The predicted molar refractivity (Wildman–Crippen MR) is 85.1 cm³/mol. The predicted octanol–water partition coefficient (Wildman–Crippen LogP) is 4.22. The molecule has 2 aliphatic rings. The fourth-order valence-corrected chi connectivity index (χ4v) is 3.74. The second-order valence-electron chi connectivity index (χ2n) is 6.46. The van der Waals surface area contributed by atoms with Crippen LogP contribution < -0.4 is 14.8 Å². The molecular formula is C18H27NO2. The standard InChI is InChI=1S/C18H27NO2/c1-3-4-11-19-16-13-18(9-5-6-10-18)21-17-8-7-14(20-2)12-15(16)17/h7-8,12,16,19H,3-6,9-11,13H2,1-2H3. The Morgan fingerprint density at radius 2 is 2.14 bits per heavy atom. The number of fused-ring (bicyclic) bond motifs is 1. The molecule has 0 bridgehead atoms. The number of benzene rings is 1. The molecule has 1 aliphatic carbocycles. The van der Waals surface area contributed by atoms with E-state index in [1.807, 2.05) is 6.07 Å². The van der Waals surface area contributed by atoms with E-state index in [4.69, 9.17) is 9.47 Å². The third-order valence-electron chi connectivity index (χ3n) is 4.93. The quantitative estimate of drug-likeness (QED) is 0.823. The molecule has 1 atom stereocenters. The van der Waals surface area contributed by atoms with Crippen molar-refractivity contribution in [2.45, 2.75) is 63.5 Å². The molecule has 1 aromatic rings. The normalized spacial score (nSPS) is 22.9. The molecule has 1 fully saturated rings. The molecule has 1 unspecified atom stereocenters. The number of rotatable bonds is 5. The van der Waals surface area contributed by atoms with Crippen molar-refractivity contribution in [1.29, 1.82) is 0 Å². The second-order valence-corrected chi connectivity index (χ2v) is 6.46. The summed E-state index contributed by atoms with van der Waals surface area (Å²) in [6, 6.07) is 6.63. The first-order valence-corrected chi connectivity index (χ1v) is 8.37. The summed E-state index contributed by atoms with van der Waals surface area (Å²) in [5.74, 6) is 1.97. The zero-order chi connectivity index (χ0) is 14.7. The van der Waals surface area contributed by atoms with Gasteiger partial charge >= 0.3 is 0 Å². The lowest BCUT2D eigenvalue weighted by Crippen LogP contribution is -2.42. The van der Waals surface area contributed by atoms with E-state index < -0.39 is 0 Å². The summed E-state index contributed by atoms with van der Waals surface area (Å²) >= 11 is 0. The van der Waals surface area contributed by atoms with Crippen LogP contribution in [0.15, 0.2) is 18.2 Å². The SMILES string of the molecule is CCCCNC1CC2(CCCC2)Oc2ccc(OC)cc21. The molecule has 1 heterocycles. The van der Waals surface area contributed by atoms with Gasteiger partial charge in [0.15, 0.2) is 0 Å². The van der Waals surface area contributed by atoms with Gasteiger partial charge in [0, 0.05) is 18.0 Å². The van der Waals surface area contributed by atoms with Crippen LogP contribution in [0, 0.1) is 0 Å². The fourth-order valence-electron chi connectivity index (χ4n) is 3.74. The highest BCUT2D eigenvalue weighted by atomic mass is 16.5. The molecule has 21 heavy (non-hydrogen) atoms. The molecule has 1 N–H and O–H groups in total. The van der Waals surface area contributed by atoms with E-state index in [1.165, 1.54) is 44.1 Å². The van der Waals surface area contributed by atoms with E-state index in [1.54, 1.807) is 7.11 Å². The molecule has 3 nitrogen and oxygen atoms in total. The Hall–Kier alpha value is -1.22. The highest BCUT2D eigenvalue weighted by molar-refractivity contribution is 5.44. The number of methoxy groups -OCH3 is 1. The lowest BCUT2D eigenvalue weighted by atomic mass is 9.85. The van der Waals surface area contributed by atoms with Gasteiger partial charge in [0.25, 0.3) is 0 Å². The zero-order valence-corrected chi connectivity index (χ0v) is 13.3. The Bertz CT molecular complexity index is 480. The first kappa shape index (κ1) is 14.7. The minimum absolute atomic E-state index is 0.0749. The minimum Gasteiger partial charge on any atom is -0.497 e. The van der Waals surface area contributed by atoms with Crippen LogP contribution in [0.4, 0.5) is 0 Å². The molecule has 0 aromatic heterocycles. The second kappa shape index (κ2) is 6.27. The minimum atomic E-state index is 0.0749. The Morgan fingerprint density at radius 3 is 2.86 bits per heavy atom. The van der Waals surface area contributed by atoms with Crippen LogP contribution in [-0.2, 0) is 0 Å². The van der Waals surface area contributed by atoms with Crippen molar-refractivity contribution in [2.24, 2.45) is 0 Å². The van der Waals surface area contributed by atoms with Crippen molar-refractivity contribution in [3.05, 3.63) is 23.8 Å². The smallest absolute Gasteiger partial charge is 0.125 e. The van der Waals surface area contributed by atoms with Gasteiger partial charge in [0.1, 0.15) is 17.1 Å². The maximum atomic E-state index is 6.42. The molecule has 0 saturated heterocycles. The summed E-state index contributed by atoms with van der Waals surface area (Å²) < 4.78 is 11.8. The molecule has 1 spiro atoms. The molecule has 1 aromatic carbocycles. The lowest BCUT2D eigenvalue weighted by Gasteiger charge is -2.40. The van der Waals surface area contributed by atoms with Crippen LogP contribution in [0.1, 0.15) is 63.5 Å². The molecule has 1 saturated carbocycles. The van der Waals surface area contributed by atoms with Crippen LogP contribution in [0.2, 0.25) is 0 Å². The summed E-state index contributed by atoms with van der Waals surface area (Å²) in [7, 11) is 1.73. The maximum Gasteiger partial charge on any atom is 0.125 e. The first-order valence-electron chi connectivity index (χ1n) is 8.37.